The van der Waals surface area contributed by atoms with Crippen molar-refractivity contribution in [2.45, 2.75) is 93.2 Å². The van der Waals surface area contributed by atoms with Gasteiger partial charge in [0, 0.05) is 0 Å². The van der Waals surface area contributed by atoms with E-state index in [0.717, 1.165) is 17.0 Å². The monoisotopic (exact) mass is 666 g/mol. The number of hydrogen-bond acceptors (Lipinski definition) is 0. The van der Waals surface area contributed by atoms with Crippen LogP contribution in [0.3, 0.4) is 0 Å². The predicted octanol–water partition coefficient (Wildman–Crippen LogP) is 10.7. The fourth-order valence-electron chi connectivity index (χ4n) is 7.48. The van der Waals surface area contributed by atoms with Gasteiger partial charge in [-0.1, -0.05) is 0 Å². The molecule has 0 atom stereocenters. The minimum absolute atomic E-state index is 0. The molecule has 41 heavy (non-hydrogen) atoms. The second-order valence-corrected chi connectivity index (χ2v) is 29.0. The van der Waals surface area contributed by atoms with E-state index in [1.807, 2.05) is 0 Å². The molecule has 3 heteroatoms. The summed E-state index contributed by atoms with van der Waals surface area (Å²) in [6.45, 7) is 16.6. The van der Waals surface area contributed by atoms with Crippen molar-refractivity contribution in [3.63, 3.8) is 0 Å². The third kappa shape index (κ3) is 6.12. The van der Waals surface area contributed by atoms with Crippen LogP contribution < -0.4 is 3.27 Å². The van der Waals surface area contributed by atoms with Crippen LogP contribution >= 0.6 is 24.8 Å². The molecule has 0 nitrogen and oxygen atoms in total. The van der Waals surface area contributed by atoms with Gasteiger partial charge in [-0.3, -0.25) is 0 Å². The molecule has 3 aromatic rings. The zero-order valence-electron chi connectivity index (χ0n) is 26.3. The van der Waals surface area contributed by atoms with Crippen molar-refractivity contribution >= 4 is 32.3 Å². The van der Waals surface area contributed by atoms with E-state index in [2.05, 4.69) is 127 Å². The Morgan fingerprint density at radius 2 is 1.51 bits per heavy atom. The first-order chi connectivity index (χ1) is 18.4. The van der Waals surface area contributed by atoms with Crippen LogP contribution in [0.15, 0.2) is 82.2 Å². The Hall–Kier alpha value is -1.53. The molecule has 220 valence electrons. The van der Waals surface area contributed by atoms with Crippen molar-refractivity contribution in [2.75, 3.05) is 0 Å². The first-order valence-corrected chi connectivity index (χ1v) is 22.8. The average Bonchev–Trinajstić information content (AvgIpc) is 3.55. The van der Waals surface area contributed by atoms with Crippen LogP contribution in [0.1, 0.15) is 95.5 Å². The second-order valence-electron chi connectivity index (χ2n) is 14.6. The van der Waals surface area contributed by atoms with Crippen molar-refractivity contribution in [3.8, 4) is 11.1 Å². The molecule has 0 spiro atoms. The van der Waals surface area contributed by atoms with Gasteiger partial charge < -0.3 is 0 Å². The van der Waals surface area contributed by atoms with Gasteiger partial charge in [-0.2, -0.15) is 0 Å². The molecule has 0 N–H and O–H groups in total. The summed E-state index contributed by atoms with van der Waals surface area (Å²) in [4.78, 5) is 0. The van der Waals surface area contributed by atoms with Crippen LogP contribution in [0.5, 0.6) is 0 Å². The summed E-state index contributed by atoms with van der Waals surface area (Å²) in [5.74, 6) is 0. The van der Waals surface area contributed by atoms with Gasteiger partial charge in [-0.05, 0) is 0 Å². The zero-order chi connectivity index (χ0) is 28.1. The molecule has 0 aromatic heterocycles. The summed E-state index contributed by atoms with van der Waals surface area (Å²) in [5, 5.41) is 0. The van der Waals surface area contributed by atoms with Gasteiger partial charge in [0.1, 0.15) is 0 Å². The second kappa shape index (κ2) is 12.2. The van der Waals surface area contributed by atoms with E-state index in [9.17, 15) is 0 Å². The molecule has 0 radical (unpaired) electrons. The number of hydrogen-bond donors (Lipinski definition) is 0. The van der Waals surface area contributed by atoms with Crippen molar-refractivity contribution in [2.24, 2.45) is 0 Å². The third-order valence-corrected chi connectivity index (χ3v) is 26.2. The maximum absolute atomic E-state index is 5.66. The van der Waals surface area contributed by atoms with E-state index < -0.39 is 18.3 Å². The van der Waals surface area contributed by atoms with Crippen molar-refractivity contribution in [3.05, 3.63) is 110 Å². The van der Waals surface area contributed by atoms with Crippen LogP contribution in [0, 0.1) is 0 Å². The summed E-state index contributed by atoms with van der Waals surface area (Å²) in [7, 11) is 0. The van der Waals surface area contributed by atoms with Crippen LogP contribution in [0.4, 0.5) is 0 Å². The standard InChI is InChI=1S/C21H25.C7H7.C5H5.C4H9.CH2.2ClH.Zr/c1-20(2,3)16-7-9-18-14(12-16)11-15-13-17(21(4,5)6)8-10-19(15)18;1-7-5-3-2-4-6-7;1-2-4-5-3-1;1-3-4-2;;;;/h7-10,12H,11H2,1-6H3;2-6H,1H2;1-3H,4H2;1,3-4H2,2H3;1H2;2*1H;. The summed E-state index contributed by atoms with van der Waals surface area (Å²) in [5.41, 5.74) is 10.7. The van der Waals surface area contributed by atoms with E-state index >= 15 is 0 Å². The molecule has 2 aliphatic rings. The summed E-state index contributed by atoms with van der Waals surface area (Å²) < 4.78 is 11.4. The maximum atomic E-state index is 5.66. The Bertz CT molecular complexity index is 1530. The molecule has 3 aromatic carbocycles. The van der Waals surface area contributed by atoms with Gasteiger partial charge in [0.2, 0.25) is 0 Å². The van der Waals surface area contributed by atoms with Crippen molar-refractivity contribution in [1.29, 1.82) is 0 Å². The molecule has 0 saturated carbocycles. The molecule has 0 aliphatic heterocycles. The Kier molecular flexibility index (Phi) is 10.1. The summed E-state index contributed by atoms with van der Waals surface area (Å²) in [6, 6.07) is 23.5. The molecule has 0 unspecified atom stereocenters. The predicted molar refractivity (Wildman–Crippen MR) is 185 cm³/mol. The molecule has 0 heterocycles. The average molecular weight is 669 g/mol. The molecule has 0 bridgehead atoms. The fraction of sp³-hybridized carbons (Fsp3) is 0.395. The molecule has 2 aliphatic carbocycles. The van der Waals surface area contributed by atoms with E-state index in [1.165, 1.54) is 44.8 Å². The third-order valence-electron chi connectivity index (χ3n) is 9.63. The number of rotatable bonds is 7. The Morgan fingerprint density at radius 1 is 0.829 bits per heavy atom. The Balaban J connectivity index is 0.00000231. The first-order valence-electron chi connectivity index (χ1n) is 15.1. The first kappa shape index (κ1) is 34.0. The molecular weight excluding hydrogens is 619 g/mol. The van der Waals surface area contributed by atoms with E-state index in [0.29, 0.717) is 0 Å². The van der Waals surface area contributed by atoms with E-state index in [1.54, 1.807) is 17.7 Å². The zero-order valence-corrected chi connectivity index (χ0v) is 30.4. The van der Waals surface area contributed by atoms with Gasteiger partial charge in [0.05, 0.1) is 0 Å². The SMILES string of the molecule is Cl.Cl.[CH2]=[Zr]([CH2]CCC)([CH2]c1ccccc1)([C]1=CC=CC1)[c]1c(C(C)(C)C)ccc2c1Cc1cc(C(C)(C)C)ccc1-2. The normalized spacial score (nSPS) is 14.6. The topological polar surface area (TPSA) is 0 Å². The van der Waals surface area contributed by atoms with Gasteiger partial charge in [-0.25, -0.2) is 0 Å². The van der Waals surface area contributed by atoms with Crippen molar-refractivity contribution < 1.29 is 18.3 Å². The summed E-state index contributed by atoms with van der Waals surface area (Å²) >= 11 is -4.15. The number of halogens is 2. The van der Waals surface area contributed by atoms with Crippen LogP contribution in [-0.4, -0.2) is 4.21 Å². The molecule has 5 rings (SSSR count). The van der Waals surface area contributed by atoms with E-state index in [4.69, 9.17) is 4.21 Å². The number of unbranched alkanes of at least 4 members (excludes halogenated alkanes) is 1. The minimum atomic E-state index is -4.15. The van der Waals surface area contributed by atoms with Gasteiger partial charge in [-0.15, -0.1) is 24.8 Å². The number of fused-ring (bicyclic) bond motifs is 3. The van der Waals surface area contributed by atoms with Crippen LogP contribution in [-0.2, 0) is 39.7 Å². The summed E-state index contributed by atoms with van der Waals surface area (Å²) in [6.07, 6.45) is 11.7. The number of allylic oxidation sites excluding steroid dienone is 4. The van der Waals surface area contributed by atoms with E-state index in [-0.39, 0.29) is 35.6 Å². The Labute approximate surface area is 263 Å². The molecular formula is C38H50Cl2Zr. The van der Waals surface area contributed by atoms with Gasteiger partial charge >= 0.3 is 240 Å². The van der Waals surface area contributed by atoms with Crippen LogP contribution in [0.25, 0.3) is 11.1 Å². The van der Waals surface area contributed by atoms with Gasteiger partial charge in [0.15, 0.2) is 0 Å². The quantitative estimate of drug-likeness (QED) is 0.184. The van der Waals surface area contributed by atoms with Crippen LogP contribution in [0.2, 0.25) is 4.13 Å². The number of benzene rings is 3. The van der Waals surface area contributed by atoms with Gasteiger partial charge in [0.25, 0.3) is 0 Å². The fourth-order valence-corrected chi connectivity index (χ4v) is 25.3. The Morgan fingerprint density at radius 3 is 2.10 bits per heavy atom. The molecule has 0 fully saturated rings. The molecule has 0 amide bonds. The van der Waals surface area contributed by atoms with Crippen molar-refractivity contribution in [1.82, 2.24) is 0 Å². The molecule has 0 saturated heterocycles.